The molecular weight excluding hydrogens is 412 g/mol. The van der Waals surface area contributed by atoms with Crippen molar-refractivity contribution in [1.82, 2.24) is 10.2 Å². The number of hydrogen-bond donors (Lipinski definition) is 2. The van der Waals surface area contributed by atoms with Gasteiger partial charge >= 0.3 is 5.97 Å². The fourth-order valence-electron chi connectivity index (χ4n) is 6.37. The molecule has 182 valence electrons. The first-order valence-corrected chi connectivity index (χ1v) is 11.9. The molecule has 3 fully saturated rings. The lowest BCUT2D eigenvalue weighted by atomic mass is 9.70. The molecule has 3 rings (SSSR count). The number of nitrogens with zero attached hydrogens (tertiary/aromatic N) is 1. The number of rotatable bonds is 9. The van der Waals surface area contributed by atoms with E-state index in [1.807, 2.05) is 13.8 Å². The SMILES string of the molecule is CCOC(=O)[C@@H]1[C@H]2C(=O)N(CCCCO)[C@H](C(=O)NC(C)(C)CC(C)(C)C)[C@]23CC[C@H]1O3. The number of nitrogens with one attached hydrogen (secondary N) is 1. The van der Waals surface area contributed by atoms with Crippen molar-refractivity contribution in [2.24, 2.45) is 17.3 Å². The average Bonchev–Trinajstić information content (AvgIpc) is 3.27. The number of aliphatic hydroxyl groups excluding tert-OH is 1. The van der Waals surface area contributed by atoms with Gasteiger partial charge in [-0.2, -0.15) is 0 Å². The van der Waals surface area contributed by atoms with Gasteiger partial charge in [-0.3, -0.25) is 14.4 Å². The molecule has 0 radical (unpaired) electrons. The van der Waals surface area contributed by atoms with Crippen LogP contribution in [0, 0.1) is 17.3 Å². The first-order valence-electron chi connectivity index (χ1n) is 11.9. The molecule has 2 amide bonds. The number of carbonyl (C=O) groups excluding carboxylic acids is 3. The normalized spacial score (nSPS) is 31.7. The quantitative estimate of drug-likeness (QED) is 0.410. The number of fused-ring (bicyclic) bond motifs is 1. The summed E-state index contributed by atoms with van der Waals surface area (Å²) in [7, 11) is 0. The lowest BCUT2D eigenvalue weighted by molar-refractivity contribution is -0.154. The van der Waals surface area contributed by atoms with E-state index in [9.17, 15) is 19.5 Å². The minimum atomic E-state index is -1.000. The number of ether oxygens (including phenoxy) is 2. The van der Waals surface area contributed by atoms with E-state index >= 15 is 0 Å². The third-order valence-corrected chi connectivity index (χ3v) is 6.85. The maximum atomic E-state index is 13.7. The smallest absolute Gasteiger partial charge is 0.312 e. The third-order valence-electron chi connectivity index (χ3n) is 6.85. The first-order chi connectivity index (χ1) is 14.9. The van der Waals surface area contributed by atoms with Crippen LogP contribution in [0.1, 0.15) is 73.6 Å². The molecular formula is C24H40N2O6. The van der Waals surface area contributed by atoms with Crippen LogP contribution in [-0.4, -0.2) is 70.8 Å². The van der Waals surface area contributed by atoms with Crippen LogP contribution in [0.3, 0.4) is 0 Å². The molecule has 3 saturated heterocycles. The van der Waals surface area contributed by atoms with E-state index in [-0.39, 0.29) is 36.5 Å². The molecule has 3 heterocycles. The fourth-order valence-corrected chi connectivity index (χ4v) is 6.37. The van der Waals surface area contributed by atoms with Crippen LogP contribution >= 0.6 is 0 Å². The van der Waals surface area contributed by atoms with Crippen molar-refractivity contribution in [3.05, 3.63) is 0 Å². The van der Waals surface area contributed by atoms with E-state index in [4.69, 9.17) is 9.47 Å². The Morgan fingerprint density at radius 2 is 1.94 bits per heavy atom. The largest absolute Gasteiger partial charge is 0.466 e. The number of unbranched alkanes of at least 4 members (excludes halogenated alkanes) is 1. The molecule has 0 saturated carbocycles. The zero-order chi connectivity index (χ0) is 23.9. The highest BCUT2D eigenvalue weighted by Gasteiger charge is 2.74. The standard InChI is InChI=1S/C24H40N2O6/c1-7-31-21(30)16-15-10-11-24(32-15)17(16)20(29)26(12-8-9-13-27)18(24)19(28)25-23(5,6)14-22(2,3)4/h15-18,27H,7-14H2,1-6H3,(H,25,28)/t15-,16+,17+,18-,24+/m1/s1. The predicted molar refractivity (Wildman–Crippen MR) is 119 cm³/mol. The summed E-state index contributed by atoms with van der Waals surface area (Å²) in [6, 6.07) is -0.789. The third kappa shape index (κ3) is 4.53. The van der Waals surface area contributed by atoms with Crippen LogP contribution in [0.15, 0.2) is 0 Å². The Morgan fingerprint density at radius 3 is 2.53 bits per heavy atom. The van der Waals surface area contributed by atoms with Crippen molar-refractivity contribution >= 4 is 17.8 Å². The van der Waals surface area contributed by atoms with E-state index in [2.05, 4.69) is 26.1 Å². The lowest BCUT2D eigenvalue weighted by Crippen LogP contribution is -2.59. The molecule has 8 heteroatoms. The molecule has 0 unspecified atom stereocenters. The topological polar surface area (TPSA) is 105 Å². The summed E-state index contributed by atoms with van der Waals surface area (Å²) in [6.07, 6.45) is 2.69. The second-order valence-electron chi connectivity index (χ2n) is 11.4. The highest BCUT2D eigenvalue weighted by molar-refractivity contribution is 5.98. The molecule has 0 aromatic rings. The van der Waals surface area contributed by atoms with E-state index in [0.717, 1.165) is 6.42 Å². The molecule has 2 N–H and O–H groups in total. The fraction of sp³-hybridized carbons (Fsp3) is 0.875. The van der Waals surface area contributed by atoms with Gasteiger partial charge in [0.15, 0.2) is 0 Å². The Bertz CT molecular complexity index is 745. The Morgan fingerprint density at radius 1 is 1.25 bits per heavy atom. The van der Waals surface area contributed by atoms with Gasteiger partial charge in [0.25, 0.3) is 0 Å². The molecule has 32 heavy (non-hydrogen) atoms. The van der Waals surface area contributed by atoms with Crippen molar-refractivity contribution in [2.45, 2.75) is 96.9 Å². The van der Waals surface area contributed by atoms with E-state index < -0.39 is 35.0 Å². The summed E-state index contributed by atoms with van der Waals surface area (Å²) in [5.74, 6) is -2.23. The summed E-state index contributed by atoms with van der Waals surface area (Å²) in [5.41, 5.74) is -1.46. The van der Waals surface area contributed by atoms with Gasteiger partial charge in [0.1, 0.15) is 11.6 Å². The van der Waals surface area contributed by atoms with Crippen molar-refractivity contribution in [2.75, 3.05) is 19.8 Å². The molecule has 3 aliphatic rings. The number of hydrogen-bond acceptors (Lipinski definition) is 6. The highest BCUT2D eigenvalue weighted by Crippen LogP contribution is 2.58. The zero-order valence-corrected chi connectivity index (χ0v) is 20.4. The number of aliphatic hydroxyl groups is 1. The first kappa shape index (κ1) is 25.0. The van der Waals surface area contributed by atoms with Gasteiger partial charge in [-0.1, -0.05) is 20.8 Å². The van der Waals surface area contributed by atoms with Crippen molar-refractivity contribution in [3.8, 4) is 0 Å². The van der Waals surface area contributed by atoms with Crippen LogP contribution in [0.25, 0.3) is 0 Å². The van der Waals surface area contributed by atoms with Gasteiger partial charge in [0.2, 0.25) is 11.8 Å². The second-order valence-corrected chi connectivity index (χ2v) is 11.4. The van der Waals surface area contributed by atoms with Gasteiger partial charge in [0.05, 0.1) is 24.5 Å². The summed E-state index contributed by atoms with van der Waals surface area (Å²) >= 11 is 0. The van der Waals surface area contributed by atoms with Crippen LogP contribution in [0.2, 0.25) is 0 Å². The van der Waals surface area contributed by atoms with Gasteiger partial charge < -0.3 is 24.8 Å². The zero-order valence-electron chi connectivity index (χ0n) is 20.4. The Labute approximate surface area is 191 Å². The van der Waals surface area contributed by atoms with E-state index in [0.29, 0.717) is 32.2 Å². The van der Waals surface area contributed by atoms with Crippen LogP contribution in [-0.2, 0) is 23.9 Å². The van der Waals surface area contributed by atoms with Crippen LogP contribution in [0.5, 0.6) is 0 Å². The highest BCUT2D eigenvalue weighted by atomic mass is 16.6. The second kappa shape index (κ2) is 8.93. The minimum Gasteiger partial charge on any atom is -0.466 e. The van der Waals surface area contributed by atoms with Crippen molar-refractivity contribution in [3.63, 3.8) is 0 Å². The van der Waals surface area contributed by atoms with Crippen molar-refractivity contribution < 1.29 is 29.0 Å². The maximum Gasteiger partial charge on any atom is 0.312 e. The molecule has 8 nitrogen and oxygen atoms in total. The number of likely N-dealkylation sites (tertiary alicyclic amines) is 1. The van der Waals surface area contributed by atoms with Crippen LogP contribution < -0.4 is 5.32 Å². The van der Waals surface area contributed by atoms with E-state index in [1.54, 1.807) is 11.8 Å². The van der Waals surface area contributed by atoms with E-state index in [1.165, 1.54) is 0 Å². The Hall–Kier alpha value is -1.67. The molecule has 5 atom stereocenters. The van der Waals surface area contributed by atoms with Gasteiger partial charge in [-0.25, -0.2) is 0 Å². The minimum absolute atomic E-state index is 0.0151. The number of carbonyl (C=O) groups is 3. The molecule has 0 aromatic heterocycles. The molecule has 0 aromatic carbocycles. The summed E-state index contributed by atoms with van der Waals surface area (Å²) in [6.45, 7) is 12.7. The molecule has 3 aliphatic heterocycles. The average molecular weight is 453 g/mol. The van der Waals surface area contributed by atoms with Gasteiger partial charge in [-0.05, 0) is 58.3 Å². The summed E-state index contributed by atoms with van der Waals surface area (Å²) in [5, 5.41) is 12.4. The van der Waals surface area contributed by atoms with Crippen LogP contribution in [0.4, 0.5) is 0 Å². The van der Waals surface area contributed by atoms with Gasteiger partial charge in [-0.15, -0.1) is 0 Å². The molecule has 2 bridgehead atoms. The number of esters is 1. The predicted octanol–water partition coefficient (Wildman–Crippen LogP) is 2.03. The Balaban J connectivity index is 1.92. The maximum absolute atomic E-state index is 13.7. The Kier molecular flexibility index (Phi) is 6.97. The monoisotopic (exact) mass is 452 g/mol. The van der Waals surface area contributed by atoms with Crippen molar-refractivity contribution in [1.29, 1.82) is 0 Å². The number of amides is 2. The van der Waals surface area contributed by atoms with Gasteiger partial charge in [0, 0.05) is 18.7 Å². The summed E-state index contributed by atoms with van der Waals surface area (Å²) in [4.78, 5) is 41.6. The lowest BCUT2D eigenvalue weighted by Gasteiger charge is -2.38. The molecule has 0 aliphatic carbocycles. The molecule has 1 spiro atoms. The summed E-state index contributed by atoms with van der Waals surface area (Å²) < 4.78 is 11.6.